The molecule has 5 rings (SSSR count). The van der Waals surface area contributed by atoms with E-state index in [1.807, 2.05) is 24.3 Å². The van der Waals surface area contributed by atoms with Crippen molar-refractivity contribution >= 4 is 45.2 Å². The van der Waals surface area contributed by atoms with E-state index < -0.39 is 30.1 Å². The molecular weight excluding hydrogens is 460 g/mol. The van der Waals surface area contributed by atoms with Crippen LogP contribution < -0.4 is 0 Å². The molecule has 2 heterocycles. The molecule has 0 atom stereocenters. The molecule has 2 amide bonds. The monoisotopic (exact) mass is 480 g/mol. The minimum atomic E-state index is -0.636. The van der Waals surface area contributed by atoms with Crippen LogP contribution in [0.4, 0.5) is 0 Å². The van der Waals surface area contributed by atoms with Gasteiger partial charge in [-0.2, -0.15) is 5.26 Å². The Kier molecular flexibility index (Phi) is 5.92. The van der Waals surface area contributed by atoms with Crippen LogP contribution in [0.15, 0.2) is 66.4 Å². The van der Waals surface area contributed by atoms with Gasteiger partial charge in [-0.3, -0.25) is 19.3 Å². The van der Waals surface area contributed by atoms with E-state index >= 15 is 0 Å². The lowest BCUT2D eigenvalue weighted by molar-refractivity contribution is -0.143. The number of imide groups is 1. The number of ether oxygens (including phenoxy) is 1. The summed E-state index contributed by atoms with van der Waals surface area (Å²) in [6.07, 6.45) is 0.107. The Morgan fingerprint density at radius 2 is 1.72 bits per heavy atom. The van der Waals surface area contributed by atoms with E-state index in [1.54, 1.807) is 42.5 Å². The summed E-state index contributed by atoms with van der Waals surface area (Å²) < 4.78 is 5.10. The molecule has 0 unspecified atom stereocenters. The number of benzene rings is 3. The zero-order valence-electron chi connectivity index (χ0n) is 19.0. The van der Waals surface area contributed by atoms with E-state index in [-0.39, 0.29) is 30.8 Å². The summed E-state index contributed by atoms with van der Waals surface area (Å²) in [5.41, 5.74) is 2.11. The second-order valence-electron chi connectivity index (χ2n) is 8.27. The number of hydrogen-bond donors (Lipinski definition) is 2. The Morgan fingerprint density at radius 3 is 2.39 bits per heavy atom. The average molecular weight is 480 g/mol. The molecule has 0 spiro atoms. The zero-order valence-corrected chi connectivity index (χ0v) is 19.0. The van der Waals surface area contributed by atoms with E-state index in [9.17, 15) is 24.8 Å². The molecule has 3 aromatic carbocycles. The summed E-state index contributed by atoms with van der Waals surface area (Å²) >= 11 is 0. The second kappa shape index (κ2) is 9.35. The number of nitriles is 1. The van der Waals surface area contributed by atoms with Gasteiger partial charge in [-0.15, -0.1) is 0 Å². The Morgan fingerprint density at radius 1 is 1.03 bits per heavy atom. The summed E-state index contributed by atoms with van der Waals surface area (Å²) in [6.45, 7) is -0.461. The molecule has 0 radical (unpaired) electrons. The fraction of sp³-hybridized carbons (Fsp3) is 0.148. The van der Waals surface area contributed by atoms with Gasteiger partial charge in [0.05, 0.1) is 11.0 Å². The van der Waals surface area contributed by atoms with Crippen LogP contribution in [0, 0.1) is 11.3 Å². The topological polar surface area (TPSA) is 136 Å². The van der Waals surface area contributed by atoms with Crippen molar-refractivity contribution in [2.24, 2.45) is 0 Å². The van der Waals surface area contributed by atoms with Crippen molar-refractivity contribution in [2.75, 3.05) is 13.2 Å². The lowest BCUT2D eigenvalue weighted by Crippen LogP contribution is -2.41. The van der Waals surface area contributed by atoms with Gasteiger partial charge in [-0.05, 0) is 36.1 Å². The number of carbonyl (C=O) groups is 3. The number of fused-ring (bicyclic) bond motifs is 1. The van der Waals surface area contributed by atoms with E-state index in [2.05, 4.69) is 9.97 Å². The van der Waals surface area contributed by atoms with Crippen LogP contribution in [0.2, 0.25) is 0 Å². The molecule has 36 heavy (non-hydrogen) atoms. The summed E-state index contributed by atoms with van der Waals surface area (Å²) in [5.74, 6) is -1.70. The standard InChI is InChI=1S/C27H20N4O5/c28-14-19(25-29-20-10-1-2-11-21(20)30-25)22(32)15-36-23(33)12-5-13-31-26(34)17-8-3-6-16-7-4-9-18(24(16)17)27(31)35/h1-4,6-11,32H,5,12-13,15H2,(H,29,30)/b22-19-. The van der Waals surface area contributed by atoms with Crippen LogP contribution >= 0.6 is 0 Å². The summed E-state index contributed by atoms with van der Waals surface area (Å²) in [4.78, 5) is 46.4. The first-order chi connectivity index (χ1) is 17.5. The molecule has 9 heteroatoms. The fourth-order valence-electron chi connectivity index (χ4n) is 4.28. The first-order valence-electron chi connectivity index (χ1n) is 11.3. The minimum absolute atomic E-state index is 0.0434. The number of aromatic nitrogens is 2. The molecule has 4 aromatic rings. The quantitative estimate of drug-likeness (QED) is 0.176. The van der Waals surface area contributed by atoms with E-state index in [1.165, 1.54) is 0 Å². The Bertz CT molecular complexity index is 1530. The van der Waals surface area contributed by atoms with Gasteiger partial charge < -0.3 is 14.8 Å². The third kappa shape index (κ3) is 4.05. The van der Waals surface area contributed by atoms with Crippen LogP contribution in [0.3, 0.4) is 0 Å². The first kappa shape index (κ1) is 22.8. The fourth-order valence-corrected chi connectivity index (χ4v) is 4.28. The Balaban J connectivity index is 1.20. The molecular formula is C27H20N4O5. The van der Waals surface area contributed by atoms with Gasteiger partial charge in [0.2, 0.25) is 0 Å². The third-order valence-corrected chi connectivity index (χ3v) is 6.01. The van der Waals surface area contributed by atoms with Crippen molar-refractivity contribution < 1.29 is 24.2 Å². The van der Waals surface area contributed by atoms with Crippen LogP contribution in [-0.2, 0) is 9.53 Å². The van der Waals surface area contributed by atoms with E-state index in [0.29, 0.717) is 27.5 Å². The normalized spacial score (nSPS) is 13.6. The highest BCUT2D eigenvalue weighted by Gasteiger charge is 2.32. The van der Waals surface area contributed by atoms with Crippen molar-refractivity contribution in [1.82, 2.24) is 14.9 Å². The minimum Gasteiger partial charge on any atom is -0.507 e. The number of nitrogens with zero attached hydrogens (tertiary/aromatic N) is 3. The maximum Gasteiger partial charge on any atom is 0.306 e. The Hall–Kier alpha value is -4.97. The average Bonchev–Trinajstić information content (AvgIpc) is 3.32. The molecule has 1 aromatic heterocycles. The molecule has 0 fully saturated rings. The number of allylic oxidation sites excluding steroid dienone is 1. The maximum atomic E-state index is 12.9. The van der Waals surface area contributed by atoms with Gasteiger partial charge in [0.15, 0.2) is 11.6 Å². The van der Waals surface area contributed by atoms with Crippen LogP contribution in [0.25, 0.3) is 27.4 Å². The van der Waals surface area contributed by atoms with Gasteiger partial charge >= 0.3 is 5.97 Å². The summed E-state index contributed by atoms with van der Waals surface area (Å²) in [5, 5.41) is 21.3. The molecule has 0 aliphatic carbocycles. The zero-order chi connectivity index (χ0) is 25.2. The number of para-hydroxylation sites is 2. The lowest BCUT2D eigenvalue weighted by atomic mass is 9.94. The molecule has 1 aliphatic heterocycles. The predicted molar refractivity (Wildman–Crippen MR) is 131 cm³/mol. The molecule has 0 saturated carbocycles. The van der Waals surface area contributed by atoms with Crippen molar-refractivity contribution in [3.63, 3.8) is 0 Å². The molecule has 0 saturated heterocycles. The number of aliphatic hydroxyl groups excluding tert-OH is 1. The predicted octanol–water partition coefficient (Wildman–Crippen LogP) is 4.13. The number of rotatable bonds is 7. The number of amides is 2. The van der Waals surface area contributed by atoms with Gasteiger partial charge in [0.25, 0.3) is 11.8 Å². The van der Waals surface area contributed by atoms with Gasteiger partial charge in [0, 0.05) is 29.5 Å². The summed E-state index contributed by atoms with van der Waals surface area (Å²) in [6, 6.07) is 19.7. The van der Waals surface area contributed by atoms with Crippen LogP contribution in [0.5, 0.6) is 0 Å². The molecule has 0 bridgehead atoms. The number of hydrogen-bond acceptors (Lipinski definition) is 7. The number of carbonyl (C=O) groups excluding carboxylic acids is 3. The number of imidazole rings is 1. The van der Waals surface area contributed by atoms with Crippen molar-refractivity contribution in [2.45, 2.75) is 12.8 Å². The highest BCUT2D eigenvalue weighted by molar-refractivity contribution is 6.25. The van der Waals surface area contributed by atoms with Gasteiger partial charge in [-0.25, -0.2) is 4.98 Å². The lowest BCUT2D eigenvalue weighted by Gasteiger charge is -2.27. The highest BCUT2D eigenvalue weighted by atomic mass is 16.5. The van der Waals surface area contributed by atoms with Crippen molar-refractivity contribution in [1.29, 1.82) is 5.26 Å². The van der Waals surface area contributed by atoms with Gasteiger partial charge in [0.1, 0.15) is 18.2 Å². The number of H-pyrrole nitrogens is 1. The number of aliphatic hydroxyl groups is 1. The van der Waals surface area contributed by atoms with Crippen molar-refractivity contribution in [3.8, 4) is 6.07 Å². The second-order valence-corrected chi connectivity index (χ2v) is 8.27. The summed E-state index contributed by atoms with van der Waals surface area (Å²) in [7, 11) is 0. The van der Waals surface area contributed by atoms with E-state index in [4.69, 9.17) is 4.74 Å². The maximum absolute atomic E-state index is 12.9. The number of aromatic amines is 1. The van der Waals surface area contributed by atoms with E-state index in [0.717, 1.165) is 10.3 Å². The first-order valence-corrected chi connectivity index (χ1v) is 11.3. The number of nitrogens with one attached hydrogen (secondary N) is 1. The highest BCUT2D eigenvalue weighted by Crippen LogP contribution is 2.30. The van der Waals surface area contributed by atoms with Gasteiger partial charge in [-0.1, -0.05) is 36.4 Å². The van der Waals surface area contributed by atoms with Crippen LogP contribution in [-0.4, -0.2) is 50.9 Å². The molecule has 9 nitrogen and oxygen atoms in total. The van der Waals surface area contributed by atoms with Crippen LogP contribution in [0.1, 0.15) is 39.4 Å². The SMILES string of the molecule is N#C/C(=C(/O)COC(=O)CCCN1C(=O)c2cccc3cccc(c23)C1=O)c1nc2ccccc2[nH]1. The Labute approximate surface area is 205 Å². The van der Waals surface area contributed by atoms with Crippen molar-refractivity contribution in [3.05, 3.63) is 83.4 Å². The third-order valence-electron chi connectivity index (χ3n) is 6.01. The largest absolute Gasteiger partial charge is 0.507 e. The smallest absolute Gasteiger partial charge is 0.306 e. The molecule has 178 valence electrons. The molecule has 1 aliphatic rings. The molecule has 2 N–H and O–H groups in total. The number of esters is 1.